The van der Waals surface area contributed by atoms with Gasteiger partial charge in [-0.1, -0.05) is 296 Å². The van der Waals surface area contributed by atoms with Gasteiger partial charge in [0.25, 0.3) is 0 Å². The van der Waals surface area contributed by atoms with Crippen LogP contribution in [0.1, 0.15) is 320 Å². The number of aryl methyl sites for hydroxylation is 2. The summed E-state index contributed by atoms with van der Waals surface area (Å²) >= 11 is 0. The van der Waals surface area contributed by atoms with Crippen molar-refractivity contribution in [2.45, 2.75) is 322 Å². The first-order valence-corrected chi connectivity index (χ1v) is 29.5. The fourth-order valence-electron chi connectivity index (χ4n) is 9.83. The number of aromatic hydroxyl groups is 4. The van der Waals surface area contributed by atoms with Crippen molar-refractivity contribution in [2.75, 3.05) is 0 Å². The van der Waals surface area contributed by atoms with E-state index in [1.807, 2.05) is 0 Å². The van der Waals surface area contributed by atoms with Gasteiger partial charge in [0, 0.05) is 12.1 Å². The average molecular weight is 922 g/mol. The van der Waals surface area contributed by atoms with Gasteiger partial charge in [-0.2, -0.15) is 0 Å². The normalized spacial score (nSPS) is 11.3. The Morgan fingerprint density at radius 1 is 0.197 bits per heavy atom. The first-order chi connectivity index (χ1) is 32.4. The summed E-state index contributed by atoms with van der Waals surface area (Å²) in [4.78, 5) is 0. The van der Waals surface area contributed by atoms with E-state index in [0.717, 1.165) is 36.8 Å². The molecular formula is C62H112O4. The Labute approximate surface area is 411 Å². The van der Waals surface area contributed by atoms with E-state index < -0.39 is 0 Å². The lowest BCUT2D eigenvalue weighted by atomic mass is 10.0. The third-order valence-corrected chi connectivity index (χ3v) is 14.1. The monoisotopic (exact) mass is 921 g/mol. The minimum Gasteiger partial charge on any atom is -0.508 e. The summed E-state index contributed by atoms with van der Waals surface area (Å²) in [6.45, 7) is 4.59. The molecule has 0 aliphatic carbocycles. The molecule has 4 N–H and O–H groups in total. The zero-order chi connectivity index (χ0) is 47.6. The molecule has 0 saturated heterocycles. The molecule has 0 aromatic heterocycles. The molecule has 4 nitrogen and oxygen atoms in total. The van der Waals surface area contributed by atoms with Crippen molar-refractivity contribution in [3.05, 3.63) is 47.5 Å². The molecule has 0 fully saturated rings. The Bertz CT molecular complexity index is 1140. The molecule has 0 atom stereocenters. The first-order valence-electron chi connectivity index (χ1n) is 29.5. The fourth-order valence-corrected chi connectivity index (χ4v) is 9.83. The second kappa shape index (κ2) is 49.1. The molecule has 2 aromatic carbocycles. The Hall–Kier alpha value is -2.36. The van der Waals surface area contributed by atoms with Crippen molar-refractivity contribution in [3.8, 4) is 23.0 Å². The second-order valence-corrected chi connectivity index (χ2v) is 20.8. The standard InChI is InChI=1S/2C31H56O2/c2*1-2-3-4-5-6-7-8-9-10-11-12-13-14-15-16-17-18-19-20-21-22-23-24-25-29-26-30(32)28-31(33)27-29/h2*26-28,32-33H,2-25H2,1H3. The molecule has 0 heterocycles. The third-order valence-electron chi connectivity index (χ3n) is 14.1. The van der Waals surface area contributed by atoms with E-state index in [1.54, 1.807) is 24.3 Å². The van der Waals surface area contributed by atoms with Crippen molar-refractivity contribution in [1.29, 1.82) is 0 Å². The smallest absolute Gasteiger partial charge is 0.119 e. The molecule has 0 unspecified atom stereocenters. The van der Waals surface area contributed by atoms with Gasteiger partial charge in [-0.05, 0) is 61.1 Å². The van der Waals surface area contributed by atoms with Crippen LogP contribution in [0.15, 0.2) is 36.4 Å². The molecule has 0 saturated carbocycles. The zero-order valence-corrected chi connectivity index (χ0v) is 44.2. The summed E-state index contributed by atoms with van der Waals surface area (Å²) in [5.41, 5.74) is 2.08. The number of hydrogen-bond donors (Lipinski definition) is 4. The molecule has 0 aliphatic heterocycles. The number of unbranched alkanes of at least 4 members (excludes halogenated alkanes) is 44. The molecule has 2 rings (SSSR count). The lowest BCUT2D eigenvalue weighted by Gasteiger charge is -2.05. The van der Waals surface area contributed by atoms with Crippen LogP contribution in [0.25, 0.3) is 0 Å². The summed E-state index contributed by atoms with van der Waals surface area (Å²) < 4.78 is 0. The van der Waals surface area contributed by atoms with E-state index in [4.69, 9.17) is 0 Å². The fraction of sp³-hybridized carbons (Fsp3) is 0.806. The zero-order valence-electron chi connectivity index (χ0n) is 44.2. The van der Waals surface area contributed by atoms with Gasteiger partial charge in [-0.25, -0.2) is 0 Å². The molecule has 384 valence electrons. The number of phenols is 4. The van der Waals surface area contributed by atoms with Crippen LogP contribution in [-0.2, 0) is 12.8 Å². The van der Waals surface area contributed by atoms with Gasteiger partial charge in [-0.15, -0.1) is 0 Å². The van der Waals surface area contributed by atoms with Crippen molar-refractivity contribution in [3.63, 3.8) is 0 Å². The Morgan fingerprint density at radius 2 is 0.333 bits per heavy atom. The van der Waals surface area contributed by atoms with E-state index in [2.05, 4.69) is 13.8 Å². The topological polar surface area (TPSA) is 80.9 Å². The summed E-state index contributed by atoms with van der Waals surface area (Å²) in [5.74, 6) is 0.663. The molecule has 0 amide bonds. The first kappa shape index (κ1) is 61.7. The van der Waals surface area contributed by atoms with Gasteiger partial charge in [0.05, 0.1) is 0 Å². The van der Waals surface area contributed by atoms with Gasteiger partial charge in [0.1, 0.15) is 23.0 Å². The van der Waals surface area contributed by atoms with Gasteiger partial charge in [0.15, 0.2) is 0 Å². The summed E-state index contributed by atoms with van der Waals surface area (Å²) in [5, 5.41) is 38.1. The summed E-state index contributed by atoms with van der Waals surface area (Å²) in [6.07, 6.45) is 66.8. The Morgan fingerprint density at radius 3 is 0.485 bits per heavy atom. The molecule has 0 aliphatic rings. The third kappa shape index (κ3) is 44.2. The molecule has 2 aromatic rings. The Kier molecular flexibility index (Phi) is 45.8. The van der Waals surface area contributed by atoms with E-state index in [9.17, 15) is 20.4 Å². The second-order valence-electron chi connectivity index (χ2n) is 20.8. The summed E-state index contributed by atoms with van der Waals surface area (Å²) in [7, 11) is 0. The van der Waals surface area contributed by atoms with Crippen molar-refractivity contribution in [1.82, 2.24) is 0 Å². The van der Waals surface area contributed by atoms with Crippen LogP contribution < -0.4 is 0 Å². The van der Waals surface area contributed by atoms with Crippen LogP contribution in [0.3, 0.4) is 0 Å². The van der Waals surface area contributed by atoms with Crippen LogP contribution in [0, 0.1) is 0 Å². The van der Waals surface area contributed by atoms with Crippen molar-refractivity contribution >= 4 is 0 Å². The van der Waals surface area contributed by atoms with Crippen LogP contribution in [0.4, 0.5) is 0 Å². The van der Waals surface area contributed by atoms with Gasteiger partial charge < -0.3 is 20.4 Å². The molecule has 0 bridgehead atoms. The quantitative estimate of drug-likeness (QED) is 0.0499. The van der Waals surface area contributed by atoms with Gasteiger partial charge >= 0.3 is 0 Å². The van der Waals surface area contributed by atoms with Crippen LogP contribution in [0.2, 0.25) is 0 Å². The minimum absolute atomic E-state index is 0.166. The molecular weight excluding hydrogens is 809 g/mol. The minimum atomic E-state index is 0.166. The largest absolute Gasteiger partial charge is 0.508 e. The maximum absolute atomic E-state index is 9.52. The van der Waals surface area contributed by atoms with Crippen LogP contribution in [-0.4, -0.2) is 20.4 Å². The van der Waals surface area contributed by atoms with Crippen LogP contribution in [0.5, 0.6) is 23.0 Å². The lowest BCUT2D eigenvalue weighted by molar-refractivity contribution is 0.447. The van der Waals surface area contributed by atoms with E-state index >= 15 is 0 Å². The summed E-state index contributed by atoms with van der Waals surface area (Å²) in [6, 6.07) is 9.83. The molecule has 0 radical (unpaired) electrons. The highest BCUT2D eigenvalue weighted by Gasteiger charge is 2.02. The number of phenolic OH excluding ortho intramolecular Hbond substituents is 4. The van der Waals surface area contributed by atoms with Crippen molar-refractivity contribution in [2.24, 2.45) is 0 Å². The molecule has 0 spiro atoms. The molecule has 4 heteroatoms. The predicted octanol–water partition coefficient (Wildman–Crippen LogP) is 21.3. The number of rotatable bonds is 48. The SMILES string of the molecule is CCCCCCCCCCCCCCCCCCCCCCCCCc1cc(O)cc(O)c1.CCCCCCCCCCCCCCCCCCCCCCCCCc1cc(O)cc(O)c1. The van der Waals surface area contributed by atoms with E-state index in [1.165, 1.54) is 295 Å². The number of benzene rings is 2. The lowest BCUT2D eigenvalue weighted by Crippen LogP contribution is -1.87. The maximum Gasteiger partial charge on any atom is 0.119 e. The average Bonchev–Trinajstić information content (AvgIpc) is 3.29. The molecule has 66 heavy (non-hydrogen) atoms. The van der Waals surface area contributed by atoms with Gasteiger partial charge in [-0.3, -0.25) is 0 Å². The van der Waals surface area contributed by atoms with E-state index in [-0.39, 0.29) is 23.0 Å². The predicted molar refractivity (Wildman–Crippen MR) is 291 cm³/mol. The number of hydrogen-bond acceptors (Lipinski definition) is 4. The van der Waals surface area contributed by atoms with Crippen LogP contribution >= 0.6 is 0 Å². The maximum atomic E-state index is 9.52. The van der Waals surface area contributed by atoms with Crippen molar-refractivity contribution < 1.29 is 20.4 Å². The van der Waals surface area contributed by atoms with Gasteiger partial charge in [0.2, 0.25) is 0 Å². The highest BCUT2D eigenvalue weighted by atomic mass is 16.3. The Balaban J connectivity index is 0.000000660. The highest BCUT2D eigenvalue weighted by Crippen LogP contribution is 2.24. The van der Waals surface area contributed by atoms with E-state index in [0.29, 0.717) is 0 Å². The highest BCUT2D eigenvalue weighted by molar-refractivity contribution is 5.37.